The minimum absolute atomic E-state index is 0.0931. The number of rotatable bonds is 4. The van der Waals surface area contributed by atoms with E-state index in [1.54, 1.807) is 0 Å². The summed E-state index contributed by atoms with van der Waals surface area (Å²) in [4.78, 5) is 15.7. The highest BCUT2D eigenvalue weighted by Crippen LogP contribution is 2.49. The molecule has 2 aromatic heterocycles. The SMILES string of the molecule is CC1(C)c2ccccc2-c2cc(-c3nc(-c4cccc(-c5cccc6ccc7ccccc7c56)c4)nc(-c4cccc5c4oc4ccccc45)n3)ccc21. The second kappa shape index (κ2) is 11.5. The molecule has 254 valence electrons. The molecule has 1 aliphatic carbocycles. The van der Waals surface area contributed by atoms with Gasteiger partial charge in [0.2, 0.25) is 0 Å². The fourth-order valence-electron chi connectivity index (χ4n) is 8.66. The Kier molecular flexibility index (Phi) is 6.56. The van der Waals surface area contributed by atoms with Crippen molar-refractivity contribution < 1.29 is 4.42 Å². The molecular formula is C50H33N3O. The molecule has 0 saturated carbocycles. The molecule has 11 rings (SSSR count). The van der Waals surface area contributed by atoms with Crippen molar-refractivity contribution in [2.45, 2.75) is 19.3 Å². The molecule has 54 heavy (non-hydrogen) atoms. The van der Waals surface area contributed by atoms with Crippen LogP contribution in [0.15, 0.2) is 168 Å². The van der Waals surface area contributed by atoms with E-state index < -0.39 is 0 Å². The first-order chi connectivity index (χ1) is 26.5. The summed E-state index contributed by atoms with van der Waals surface area (Å²) in [5.41, 5.74) is 11.6. The zero-order valence-corrected chi connectivity index (χ0v) is 29.8. The lowest BCUT2D eigenvalue weighted by atomic mass is 9.82. The normalized spacial score (nSPS) is 13.1. The van der Waals surface area contributed by atoms with Gasteiger partial charge in [-0.05, 0) is 79.2 Å². The molecule has 0 N–H and O–H groups in total. The molecule has 1 aliphatic rings. The molecule has 4 nitrogen and oxygen atoms in total. The van der Waals surface area contributed by atoms with E-state index in [1.807, 2.05) is 24.3 Å². The Morgan fingerprint density at radius 3 is 1.93 bits per heavy atom. The topological polar surface area (TPSA) is 51.8 Å². The van der Waals surface area contributed by atoms with Crippen molar-refractivity contribution >= 4 is 43.5 Å². The van der Waals surface area contributed by atoms with Crippen LogP contribution in [-0.2, 0) is 5.41 Å². The molecule has 2 heterocycles. The van der Waals surface area contributed by atoms with E-state index in [-0.39, 0.29) is 5.41 Å². The first kappa shape index (κ1) is 30.7. The van der Waals surface area contributed by atoms with Gasteiger partial charge in [-0.25, -0.2) is 15.0 Å². The second-order valence-electron chi connectivity index (χ2n) is 14.8. The summed E-state index contributed by atoms with van der Waals surface area (Å²) < 4.78 is 6.50. The molecule has 0 aliphatic heterocycles. The number of para-hydroxylation sites is 2. The smallest absolute Gasteiger partial charge is 0.167 e. The maximum atomic E-state index is 6.50. The molecule has 0 amide bonds. The van der Waals surface area contributed by atoms with Crippen LogP contribution in [0.3, 0.4) is 0 Å². The molecule has 0 spiro atoms. The summed E-state index contributed by atoms with van der Waals surface area (Å²) in [7, 11) is 0. The standard InChI is InChI=1S/C50H33N3O/c1-50(2)42-22-7-5-17-37(42)41-29-34(26-27-43(41)50)48-51-47(52-49(53-48)40-21-11-20-39-38-18-6-8-23-44(38)54-46(39)40)33-15-9-14-32(28-33)36-19-10-13-31-25-24-30-12-3-4-16-35(30)45(31)36/h3-29H,1-2H3. The summed E-state index contributed by atoms with van der Waals surface area (Å²) in [6.07, 6.45) is 0. The van der Waals surface area contributed by atoms with Gasteiger partial charge in [-0.2, -0.15) is 0 Å². The van der Waals surface area contributed by atoms with Crippen molar-refractivity contribution in [3.8, 4) is 56.4 Å². The largest absolute Gasteiger partial charge is 0.455 e. The van der Waals surface area contributed by atoms with Crippen LogP contribution in [0.2, 0.25) is 0 Å². The first-order valence-electron chi connectivity index (χ1n) is 18.4. The van der Waals surface area contributed by atoms with Gasteiger partial charge in [0.25, 0.3) is 0 Å². The zero-order valence-electron chi connectivity index (χ0n) is 29.8. The first-order valence-corrected chi connectivity index (χ1v) is 18.4. The minimum atomic E-state index is -0.0931. The molecule has 0 radical (unpaired) electrons. The van der Waals surface area contributed by atoms with Gasteiger partial charge >= 0.3 is 0 Å². The molecule has 8 aromatic carbocycles. The predicted molar refractivity (Wildman–Crippen MR) is 221 cm³/mol. The van der Waals surface area contributed by atoms with Crippen LogP contribution >= 0.6 is 0 Å². The maximum absolute atomic E-state index is 6.50. The Labute approximate surface area is 312 Å². The van der Waals surface area contributed by atoms with E-state index in [9.17, 15) is 0 Å². The average Bonchev–Trinajstić information content (AvgIpc) is 3.72. The van der Waals surface area contributed by atoms with E-state index in [0.29, 0.717) is 17.5 Å². The van der Waals surface area contributed by atoms with Crippen molar-refractivity contribution in [3.63, 3.8) is 0 Å². The van der Waals surface area contributed by atoms with Crippen LogP contribution in [0.4, 0.5) is 0 Å². The molecular weight excluding hydrogens is 659 g/mol. The Morgan fingerprint density at radius 2 is 1.02 bits per heavy atom. The van der Waals surface area contributed by atoms with E-state index in [2.05, 4.69) is 153 Å². The number of hydrogen-bond donors (Lipinski definition) is 0. The molecule has 10 aromatic rings. The zero-order chi connectivity index (χ0) is 36.0. The number of hydrogen-bond acceptors (Lipinski definition) is 4. The highest BCUT2D eigenvalue weighted by Gasteiger charge is 2.35. The highest BCUT2D eigenvalue weighted by atomic mass is 16.3. The van der Waals surface area contributed by atoms with Gasteiger partial charge in [0, 0.05) is 27.3 Å². The monoisotopic (exact) mass is 691 g/mol. The van der Waals surface area contributed by atoms with Crippen molar-refractivity contribution in [1.82, 2.24) is 15.0 Å². The van der Waals surface area contributed by atoms with Gasteiger partial charge in [0.1, 0.15) is 11.2 Å². The Hall–Kier alpha value is -6.91. The quantitative estimate of drug-likeness (QED) is 0.172. The number of fused-ring (bicyclic) bond motifs is 9. The summed E-state index contributed by atoms with van der Waals surface area (Å²) in [5.74, 6) is 1.80. The fraction of sp³-hybridized carbons (Fsp3) is 0.0600. The molecule has 0 unspecified atom stereocenters. The van der Waals surface area contributed by atoms with Gasteiger partial charge in [-0.15, -0.1) is 0 Å². The molecule has 0 saturated heterocycles. The Morgan fingerprint density at radius 1 is 0.407 bits per heavy atom. The summed E-state index contributed by atoms with van der Waals surface area (Å²) in [6.45, 7) is 4.60. The van der Waals surface area contributed by atoms with Crippen LogP contribution in [0.25, 0.3) is 99.9 Å². The summed E-state index contributed by atoms with van der Waals surface area (Å²) in [5, 5.41) is 7.01. The Bertz CT molecular complexity index is 3150. The van der Waals surface area contributed by atoms with Gasteiger partial charge in [-0.1, -0.05) is 153 Å². The van der Waals surface area contributed by atoms with Crippen molar-refractivity contribution in [2.24, 2.45) is 0 Å². The van der Waals surface area contributed by atoms with E-state index in [4.69, 9.17) is 19.4 Å². The molecule has 4 heteroatoms. The van der Waals surface area contributed by atoms with Crippen molar-refractivity contribution in [2.75, 3.05) is 0 Å². The van der Waals surface area contributed by atoms with Gasteiger partial charge in [0.15, 0.2) is 17.5 Å². The third-order valence-electron chi connectivity index (χ3n) is 11.3. The van der Waals surface area contributed by atoms with Crippen LogP contribution in [0.1, 0.15) is 25.0 Å². The minimum Gasteiger partial charge on any atom is -0.455 e. The van der Waals surface area contributed by atoms with Gasteiger partial charge in [0.05, 0.1) is 5.56 Å². The number of nitrogens with zero attached hydrogens (tertiary/aromatic N) is 3. The number of aromatic nitrogens is 3. The lowest BCUT2D eigenvalue weighted by Crippen LogP contribution is -2.14. The number of furan rings is 1. The van der Waals surface area contributed by atoms with Crippen LogP contribution in [0, 0.1) is 0 Å². The highest BCUT2D eigenvalue weighted by molar-refractivity contribution is 6.14. The number of benzene rings is 8. The van der Waals surface area contributed by atoms with E-state index in [0.717, 1.165) is 44.2 Å². The van der Waals surface area contributed by atoms with Crippen LogP contribution in [-0.4, -0.2) is 15.0 Å². The predicted octanol–water partition coefficient (Wildman–Crippen LogP) is 13.1. The van der Waals surface area contributed by atoms with Crippen LogP contribution in [0.5, 0.6) is 0 Å². The molecule has 0 bridgehead atoms. The van der Waals surface area contributed by atoms with Gasteiger partial charge in [-0.3, -0.25) is 0 Å². The molecule has 0 atom stereocenters. The fourth-order valence-corrected chi connectivity index (χ4v) is 8.66. The summed E-state index contributed by atoms with van der Waals surface area (Å²) in [6, 6.07) is 57.9. The third kappa shape index (κ3) is 4.60. The second-order valence-corrected chi connectivity index (χ2v) is 14.8. The average molecular weight is 692 g/mol. The van der Waals surface area contributed by atoms with Gasteiger partial charge < -0.3 is 4.42 Å². The van der Waals surface area contributed by atoms with Crippen molar-refractivity contribution in [1.29, 1.82) is 0 Å². The lowest BCUT2D eigenvalue weighted by molar-refractivity contribution is 0.660. The van der Waals surface area contributed by atoms with Crippen LogP contribution < -0.4 is 0 Å². The van der Waals surface area contributed by atoms with Crippen molar-refractivity contribution in [3.05, 3.63) is 175 Å². The van der Waals surface area contributed by atoms with E-state index in [1.165, 1.54) is 49.4 Å². The maximum Gasteiger partial charge on any atom is 0.167 e. The molecule has 0 fully saturated rings. The third-order valence-corrected chi connectivity index (χ3v) is 11.3. The summed E-state index contributed by atoms with van der Waals surface area (Å²) >= 11 is 0. The Balaban J connectivity index is 1.13. The lowest BCUT2D eigenvalue weighted by Gasteiger charge is -2.21. The van der Waals surface area contributed by atoms with E-state index >= 15 is 0 Å².